The van der Waals surface area contributed by atoms with Crippen molar-refractivity contribution in [2.24, 2.45) is 0 Å². The molecule has 0 amide bonds. The predicted octanol–water partition coefficient (Wildman–Crippen LogP) is 2.76. The molecule has 0 fully saturated rings. The number of benzene rings is 1. The molecule has 0 saturated heterocycles. The highest BCUT2D eigenvalue weighted by Gasteiger charge is 2.07. The zero-order chi connectivity index (χ0) is 13.7. The number of nitrogens with zero attached hydrogens (tertiary/aromatic N) is 2. The lowest BCUT2D eigenvalue weighted by atomic mass is 10.1. The molecule has 1 aromatic carbocycles. The van der Waals surface area contributed by atoms with Crippen molar-refractivity contribution in [1.82, 2.24) is 14.9 Å². The van der Waals surface area contributed by atoms with Crippen LogP contribution in [0.4, 0.5) is 0 Å². The Morgan fingerprint density at radius 3 is 2.68 bits per heavy atom. The van der Waals surface area contributed by atoms with Gasteiger partial charge in [0, 0.05) is 25.0 Å². The Bertz CT molecular complexity index is 504. The Kier molecular flexibility index (Phi) is 4.58. The fraction of sp³-hybridized carbons (Fsp3) is 0.400. The van der Waals surface area contributed by atoms with E-state index in [0.29, 0.717) is 0 Å². The minimum Gasteiger partial charge on any atom is -0.497 e. The molecule has 2 aromatic rings. The summed E-state index contributed by atoms with van der Waals surface area (Å²) in [5, 5.41) is 3.49. The van der Waals surface area contributed by atoms with Crippen LogP contribution in [-0.4, -0.2) is 16.7 Å². The molecule has 1 aromatic heterocycles. The minimum atomic E-state index is 0.285. The second-order valence-corrected chi connectivity index (χ2v) is 4.51. The number of methoxy groups -OCH3 is 1. The predicted molar refractivity (Wildman–Crippen MR) is 76.1 cm³/mol. The van der Waals surface area contributed by atoms with Gasteiger partial charge in [-0.25, -0.2) is 4.98 Å². The third-order valence-electron chi connectivity index (χ3n) is 3.32. The second-order valence-electron chi connectivity index (χ2n) is 4.51. The van der Waals surface area contributed by atoms with Crippen LogP contribution < -0.4 is 10.1 Å². The van der Waals surface area contributed by atoms with Crippen molar-refractivity contribution in [3.05, 3.63) is 48.0 Å². The van der Waals surface area contributed by atoms with Crippen molar-refractivity contribution in [3.63, 3.8) is 0 Å². The van der Waals surface area contributed by atoms with Gasteiger partial charge in [-0.2, -0.15) is 0 Å². The summed E-state index contributed by atoms with van der Waals surface area (Å²) in [6, 6.07) is 8.43. The van der Waals surface area contributed by atoms with E-state index in [1.807, 2.05) is 24.5 Å². The second kappa shape index (κ2) is 6.38. The Morgan fingerprint density at radius 1 is 1.32 bits per heavy atom. The first-order valence-corrected chi connectivity index (χ1v) is 6.62. The maximum atomic E-state index is 5.16. The first-order chi connectivity index (χ1) is 9.24. The average molecular weight is 259 g/mol. The molecule has 1 heterocycles. The summed E-state index contributed by atoms with van der Waals surface area (Å²) < 4.78 is 7.31. The molecule has 1 atom stereocenters. The number of imidazole rings is 1. The molecule has 0 aliphatic heterocycles. The SMILES string of the molecule is CCn1ccnc1CNC(C)c1ccc(OC)cc1. The van der Waals surface area contributed by atoms with E-state index in [-0.39, 0.29) is 6.04 Å². The van der Waals surface area contributed by atoms with Crippen LogP contribution in [0, 0.1) is 0 Å². The fourth-order valence-corrected chi connectivity index (χ4v) is 2.05. The van der Waals surface area contributed by atoms with Gasteiger partial charge in [-0.1, -0.05) is 12.1 Å². The van der Waals surface area contributed by atoms with Gasteiger partial charge in [0.25, 0.3) is 0 Å². The van der Waals surface area contributed by atoms with Gasteiger partial charge in [-0.05, 0) is 31.5 Å². The van der Waals surface area contributed by atoms with Crippen LogP contribution in [0.1, 0.15) is 31.3 Å². The molecular weight excluding hydrogens is 238 g/mol. The van der Waals surface area contributed by atoms with E-state index in [1.165, 1.54) is 5.56 Å². The van der Waals surface area contributed by atoms with Gasteiger partial charge in [0.05, 0.1) is 13.7 Å². The molecule has 4 nitrogen and oxygen atoms in total. The smallest absolute Gasteiger partial charge is 0.122 e. The standard InChI is InChI=1S/C15H21N3O/c1-4-18-10-9-16-15(18)11-17-12(2)13-5-7-14(19-3)8-6-13/h5-10,12,17H,4,11H2,1-3H3. The summed E-state index contributed by atoms with van der Waals surface area (Å²) in [5.41, 5.74) is 1.25. The van der Waals surface area contributed by atoms with E-state index < -0.39 is 0 Å². The van der Waals surface area contributed by atoms with Gasteiger partial charge in [0.1, 0.15) is 11.6 Å². The van der Waals surface area contributed by atoms with E-state index in [9.17, 15) is 0 Å². The molecule has 4 heteroatoms. The molecule has 1 unspecified atom stereocenters. The van der Waals surface area contributed by atoms with Crippen LogP contribution in [-0.2, 0) is 13.1 Å². The summed E-state index contributed by atoms with van der Waals surface area (Å²) >= 11 is 0. The molecule has 102 valence electrons. The average Bonchev–Trinajstić information content (AvgIpc) is 2.92. The van der Waals surface area contributed by atoms with Gasteiger partial charge >= 0.3 is 0 Å². The summed E-state index contributed by atoms with van der Waals surface area (Å²) in [7, 11) is 1.68. The summed E-state index contributed by atoms with van der Waals surface area (Å²) in [5.74, 6) is 1.96. The normalized spacial score (nSPS) is 12.4. The lowest BCUT2D eigenvalue weighted by Crippen LogP contribution is -2.20. The van der Waals surface area contributed by atoms with Crippen LogP contribution in [0.5, 0.6) is 5.75 Å². The first-order valence-electron chi connectivity index (χ1n) is 6.62. The van der Waals surface area contributed by atoms with Gasteiger partial charge in [-0.15, -0.1) is 0 Å². The zero-order valence-electron chi connectivity index (χ0n) is 11.8. The van der Waals surface area contributed by atoms with Crippen LogP contribution in [0.2, 0.25) is 0 Å². The number of aromatic nitrogens is 2. The minimum absolute atomic E-state index is 0.285. The van der Waals surface area contributed by atoms with Crippen molar-refractivity contribution in [1.29, 1.82) is 0 Å². The number of hydrogen-bond donors (Lipinski definition) is 1. The van der Waals surface area contributed by atoms with Crippen LogP contribution in [0.25, 0.3) is 0 Å². The lowest BCUT2D eigenvalue weighted by Gasteiger charge is -2.15. The highest BCUT2D eigenvalue weighted by molar-refractivity contribution is 5.28. The van der Waals surface area contributed by atoms with Gasteiger partial charge in [0.15, 0.2) is 0 Å². The maximum Gasteiger partial charge on any atom is 0.122 e. The highest BCUT2D eigenvalue weighted by Crippen LogP contribution is 2.17. The van der Waals surface area contributed by atoms with Crippen LogP contribution in [0.3, 0.4) is 0 Å². The Morgan fingerprint density at radius 2 is 2.05 bits per heavy atom. The highest BCUT2D eigenvalue weighted by atomic mass is 16.5. The van der Waals surface area contributed by atoms with E-state index in [1.54, 1.807) is 7.11 Å². The summed E-state index contributed by atoms with van der Waals surface area (Å²) in [6.07, 6.45) is 3.85. The number of hydrogen-bond acceptors (Lipinski definition) is 3. The van der Waals surface area contributed by atoms with Crippen molar-refractivity contribution in [2.75, 3.05) is 7.11 Å². The van der Waals surface area contributed by atoms with Gasteiger partial charge in [-0.3, -0.25) is 0 Å². The van der Waals surface area contributed by atoms with E-state index in [4.69, 9.17) is 4.74 Å². The topological polar surface area (TPSA) is 39.1 Å². The molecular formula is C15H21N3O. The molecule has 2 rings (SSSR count). The zero-order valence-corrected chi connectivity index (χ0v) is 11.8. The summed E-state index contributed by atoms with van der Waals surface area (Å²) in [4.78, 5) is 4.36. The number of ether oxygens (including phenoxy) is 1. The molecule has 0 aliphatic rings. The summed E-state index contributed by atoms with van der Waals surface area (Å²) in [6.45, 7) is 6.00. The van der Waals surface area contributed by atoms with Crippen molar-refractivity contribution in [2.45, 2.75) is 33.0 Å². The van der Waals surface area contributed by atoms with Crippen molar-refractivity contribution >= 4 is 0 Å². The van der Waals surface area contributed by atoms with Gasteiger partial charge < -0.3 is 14.6 Å². The number of rotatable bonds is 6. The van der Waals surface area contributed by atoms with Crippen LogP contribution in [0.15, 0.2) is 36.7 Å². The molecule has 0 saturated carbocycles. The van der Waals surface area contributed by atoms with Crippen molar-refractivity contribution < 1.29 is 4.74 Å². The maximum absolute atomic E-state index is 5.16. The van der Waals surface area contributed by atoms with Crippen LogP contribution >= 0.6 is 0 Å². The third-order valence-corrected chi connectivity index (χ3v) is 3.32. The molecule has 0 spiro atoms. The monoisotopic (exact) mass is 259 g/mol. The Hall–Kier alpha value is -1.81. The quantitative estimate of drug-likeness (QED) is 0.867. The third kappa shape index (κ3) is 3.35. The van der Waals surface area contributed by atoms with E-state index >= 15 is 0 Å². The van der Waals surface area contributed by atoms with E-state index in [0.717, 1.165) is 24.7 Å². The van der Waals surface area contributed by atoms with Crippen molar-refractivity contribution in [3.8, 4) is 5.75 Å². The first kappa shape index (κ1) is 13.6. The van der Waals surface area contributed by atoms with E-state index in [2.05, 4.69) is 40.8 Å². The molecule has 19 heavy (non-hydrogen) atoms. The Labute approximate surface area is 114 Å². The molecule has 1 N–H and O–H groups in total. The fourth-order valence-electron chi connectivity index (χ4n) is 2.05. The Balaban J connectivity index is 1.95. The molecule has 0 bridgehead atoms. The lowest BCUT2D eigenvalue weighted by molar-refractivity contribution is 0.414. The molecule has 0 radical (unpaired) electrons. The number of aryl methyl sites for hydroxylation is 1. The molecule has 0 aliphatic carbocycles. The van der Waals surface area contributed by atoms with Gasteiger partial charge in [0.2, 0.25) is 0 Å². The largest absolute Gasteiger partial charge is 0.497 e. The number of nitrogens with one attached hydrogen (secondary N) is 1.